The van der Waals surface area contributed by atoms with Crippen LogP contribution in [0.3, 0.4) is 0 Å². The molecule has 3 rings (SSSR count). The van der Waals surface area contributed by atoms with Crippen LogP contribution in [0.15, 0.2) is 35.4 Å². The molecule has 1 aromatic heterocycles. The van der Waals surface area contributed by atoms with E-state index in [9.17, 15) is 14.4 Å². The first-order valence-corrected chi connectivity index (χ1v) is 8.28. The maximum Gasteiger partial charge on any atom is 0.326 e. The molecule has 24 heavy (non-hydrogen) atoms. The molecular formula is C17H16N2O4S. The Morgan fingerprint density at radius 2 is 2.04 bits per heavy atom. The van der Waals surface area contributed by atoms with Crippen LogP contribution >= 0.6 is 11.8 Å². The van der Waals surface area contributed by atoms with Crippen molar-refractivity contribution >= 4 is 45.9 Å². The Balaban J connectivity index is 1.89. The summed E-state index contributed by atoms with van der Waals surface area (Å²) in [6.45, 7) is 1.53. The van der Waals surface area contributed by atoms with Crippen molar-refractivity contribution in [3.8, 4) is 0 Å². The molecule has 2 aromatic rings. The summed E-state index contributed by atoms with van der Waals surface area (Å²) in [6.07, 6.45) is 3.60. The van der Waals surface area contributed by atoms with Crippen molar-refractivity contribution < 1.29 is 19.1 Å². The van der Waals surface area contributed by atoms with Crippen molar-refractivity contribution in [2.24, 2.45) is 7.05 Å². The maximum atomic E-state index is 12.4. The highest BCUT2D eigenvalue weighted by atomic mass is 32.2. The number of rotatable bonds is 4. The van der Waals surface area contributed by atoms with Crippen LogP contribution in [-0.4, -0.2) is 39.7 Å². The molecule has 2 heterocycles. The zero-order valence-electron chi connectivity index (χ0n) is 13.3. The molecule has 0 saturated carbocycles. The molecule has 7 heteroatoms. The lowest BCUT2D eigenvalue weighted by atomic mass is 10.1. The molecule has 0 radical (unpaired) electrons. The van der Waals surface area contributed by atoms with Crippen molar-refractivity contribution in [2.75, 3.05) is 13.2 Å². The normalized spacial score (nSPS) is 16.4. The summed E-state index contributed by atoms with van der Waals surface area (Å²) in [5.74, 6) is -1.06. The number of fused-ring (bicyclic) bond motifs is 1. The van der Waals surface area contributed by atoms with Crippen molar-refractivity contribution in [1.29, 1.82) is 0 Å². The van der Waals surface area contributed by atoms with Crippen LogP contribution in [0.4, 0.5) is 4.79 Å². The van der Waals surface area contributed by atoms with Gasteiger partial charge >= 0.3 is 5.97 Å². The number of carbonyl (C=O) groups excluding carboxylic acids is 3. The van der Waals surface area contributed by atoms with Gasteiger partial charge in [0.25, 0.3) is 11.1 Å². The number of imide groups is 1. The Morgan fingerprint density at radius 1 is 1.29 bits per heavy atom. The van der Waals surface area contributed by atoms with Crippen LogP contribution < -0.4 is 0 Å². The first-order valence-electron chi connectivity index (χ1n) is 7.46. The van der Waals surface area contributed by atoms with Gasteiger partial charge in [-0.05, 0) is 30.8 Å². The minimum atomic E-state index is -0.591. The average Bonchev–Trinajstić information content (AvgIpc) is 3.00. The van der Waals surface area contributed by atoms with Gasteiger partial charge in [0.1, 0.15) is 6.54 Å². The van der Waals surface area contributed by atoms with Crippen LogP contribution in [0.5, 0.6) is 0 Å². The predicted octanol–water partition coefficient (Wildman–Crippen LogP) is 2.78. The number of hydrogen-bond donors (Lipinski definition) is 0. The lowest BCUT2D eigenvalue weighted by Crippen LogP contribution is -2.34. The lowest BCUT2D eigenvalue weighted by Gasteiger charge is -2.10. The molecule has 1 aromatic carbocycles. The van der Waals surface area contributed by atoms with E-state index in [2.05, 4.69) is 0 Å². The highest BCUT2D eigenvalue weighted by Crippen LogP contribution is 2.33. The highest BCUT2D eigenvalue weighted by molar-refractivity contribution is 8.18. The second-order valence-corrected chi connectivity index (χ2v) is 6.28. The van der Waals surface area contributed by atoms with Crippen LogP contribution in [0, 0.1) is 0 Å². The third kappa shape index (κ3) is 2.94. The summed E-state index contributed by atoms with van der Waals surface area (Å²) in [4.78, 5) is 37.2. The first-order chi connectivity index (χ1) is 11.5. The monoisotopic (exact) mass is 344 g/mol. The fraction of sp³-hybridized carbons (Fsp3) is 0.235. The Hall–Kier alpha value is -2.54. The number of aryl methyl sites for hydroxylation is 1. The fourth-order valence-corrected chi connectivity index (χ4v) is 3.43. The van der Waals surface area contributed by atoms with Gasteiger partial charge in [-0.15, -0.1) is 0 Å². The molecule has 2 amide bonds. The summed E-state index contributed by atoms with van der Waals surface area (Å²) in [7, 11) is 1.92. The van der Waals surface area contributed by atoms with Gasteiger partial charge in [-0.2, -0.15) is 0 Å². The Bertz CT molecular complexity index is 869. The smallest absolute Gasteiger partial charge is 0.326 e. The summed E-state index contributed by atoms with van der Waals surface area (Å²) < 4.78 is 6.76. The van der Waals surface area contributed by atoms with Crippen molar-refractivity contribution in [1.82, 2.24) is 9.47 Å². The van der Waals surface area contributed by atoms with Gasteiger partial charge in [-0.25, -0.2) is 0 Å². The van der Waals surface area contributed by atoms with Crippen LogP contribution in [0.25, 0.3) is 17.0 Å². The van der Waals surface area contributed by atoms with Crippen molar-refractivity contribution in [3.63, 3.8) is 0 Å². The Morgan fingerprint density at radius 3 is 2.79 bits per heavy atom. The van der Waals surface area contributed by atoms with E-state index in [4.69, 9.17) is 4.74 Å². The lowest BCUT2D eigenvalue weighted by molar-refractivity contribution is -0.145. The van der Waals surface area contributed by atoms with E-state index in [1.165, 1.54) is 0 Å². The van der Waals surface area contributed by atoms with Crippen LogP contribution in [0.1, 0.15) is 12.5 Å². The number of amides is 2. The number of carbonyl (C=O) groups is 3. The molecule has 1 aliphatic rings. The SMILES string of the molecule is CCOC(=O)CN1C(=O)SC(=Cc2cn(C)c3ccccc23)C1=O. The molecule has 1 aliphatic heterocycles. The summed E-state index contributed by atoms with van der Waals surface area (Å²) >= 11 is 0.836. The van der Waals surface area contributed by atoms with Gasteiger partial charge in [0.2, 0.25) is 0 Å². The van der Waals surface area contributed by atoms with E-state index in [0.717, 1.165) is 33.1 Å². The van der Waals surface area contributed by atoms with E-state index in [1.807, 2.05) is 42.1 Å². The summed E-state index contributed by atoms with van der Waals surface area (Å²) in [6, 6.07) is 7.81. The van der Waals surface area contributed by atoms with Gasteiger partial charge in [-0.1, -0.05) is 18.2 Å². The van der Waals surface area contributed by atoms with Crippen molar-refractivity contribution in [2.45, 2.75) is 6.92 Å². The van der Waals surface area contributed by atoms with E-state index in [1.54, 1.807) is 13.0 Å². The molecule has 0 atom stereocenters. The Kier molecular flexibility index (Phi) is 4.44. The quantitative estimate of drug-likeness (QED) is 0.630. The molecule has 0 N–H and O–H groups in total. The van der Waals surface area contributed by atoms with E-state index in [-0.39, 0.29) is 13.2 Å². The van der Waals surface area contributed by atoms with Gasteiger partial charge < -0.3 is 9.30 Å². The topological polar surface area (TPSA) is 68.6 Å². The second-order valence-electron chi connectivity index (χ2n) is 5.29. The van der Waals surface area contributed by atoms with E-state index >= 15 is 0 Å². The molecule has 1 fully saturated rings. The molecule has 124 valence electrons. The average molecular weight is 344 g/mol. The molecule has 0 spiro atoms. The maximum absolute atomic E-state index is 12.4. The minimum Gasteiger partial charge on any atom is -0.465 e. The number of benzene rings is 1. The van der Waals surface area contributed by atoms with Gasteiger partial charge in [0, 0.05) is 29.7 Å². The first kappa shape index (κ1) is 16.3. The number of esters is 1. The number of aromatic nitrogens is 1. The van der Waals surface area contributed by atoms with Gasteiger partial charge in [0.15, 0.2) is 0 Å². The molecule has 6 nitrogen and oxygen atoms in total. The zero-order chi connectivity index (χ0) is 17.3. The number of para-hydroxylation sites is 1. The van der Waals surface area contributed by atoms with Gasteiger partial charge in [0.05, 0.1) is 11.5 Å². The zero-order valence-corrected chi connectivity index (χ0v) is 14.1. The molecule has 0 aliphatic carbocycles. The minimum absolute atomic E-state index is 0.209. The summed E-state index contributed by atoms with van der Waals surface area (Å²) in [5.41, 5.74) is 1.89. The third-order valence-corrected chi connectivity index (χ3v) is 4.59. The highest BCUT2D eigenvalue weighted by Gasteiger charge is 2.36. The van der Waals surface area contributed by atoms with Crippen LogP contribution in [-0.2, 0) is 21.4 Å². The fourth-order valence-electron chi connectivity index (χ4n) is 2.60. The van der Waals surface area contributed by atoms with Gasteiger partial charge in [-0.3, -0.25) is 19.3 Å². The molecule has 0 bridgehead atoms. The standard InChI is InChI=1S/C17H16N2O4S/c1-3-23-15(20)10-19-16(21)14(24-17(19)22)8-11-9-18(2)13-7-5-4-6-12(11)13/h4-9H,3,10H2,1-2H3. The largest absolute Gasteiger partial charge is 0.465 e. The van der Waals surface area contributed by atoms with Crippen LogP contribution in [0.2, 0.25) is 0 Å². The number of nitrogens with zero attached hydrogens (tertiary/aromatic N) is 2. The number of ether oxygens (including phenoxy) is 1. The van der Waals surface area contributed by atoms with E-state index in [0.29, 0.717) is 4.91 Å². The predicted molar refractivity (Wildman–Crippen MR) is 92.2 cm³/mol. The molecule has 0 unspecified atom stereocenters. The Labute approximate surface area is 143 Å². The molecule has 1 saturated heterocycles. The second kappa shape index (κ2) is 6.52. The number of thioether (sulfide) groups is 1. The van der Waals surface area contributed by atoms with E-state index < -0.39 is 17.1 Å². The molecular weight excluding hydrogens is 328 g/mol. The summed E-state index contributed by atoms with van der Waals surface area (Å²) in [5, 5.41) is 0.539. The van der Waals surface area contributed by atoms with Crippen molar-refractivity contribution in [3.05, 3.63) is 40.9 Å². The third-order valence-electron chi connectivity index (χ3n) is 3.68. The number of hydrogen-bond acceptors (Lipinski definition) is 5.